The first kappa shape index (κ1) is 12.2. The van der Waals surface area contributed by atoms with Crippen molar-refractivity contribution in [1.82, 2.24) is 0 Å². The summed E-state index contributed by atoms with van der Waals surface area (Å²) in [4.78, 5) is 11.7. The Kier molecular flexibility index (Phi) is 3.23. The lowest BCUT2D eigenvalue weighted by atomic mass is 9.95. The summed E-state index contributed by atoms with van der Waals surface area (Å²) in [5.41, 5.74) is 3.51. The van der Waals surface area contributed by atoms with Gasteiger partial charge in [0.05, 0.1) is 5.92 Å². The SMILES string of the molecule is Cc1cc(C)c(C(C)C)c(OC(=O)C2CC2)c1. The highest BCUT2D eigenvalue weighted by Gasteiger charge is 2.32. The third kappa shape index (κ3) is 2.68. The van der Waals surface area contributed by atoms with Crippen LogP contribution < -0.4 is 4.74 Å². The lowest BCUT2D eigenvalue weighted by Crippen LogP contribution is -2.12. The highest BCUT2D eigenvalue weighted by Crippen LogP contribution is 2.35. The quantitative estimate of drug-likeness (QED) is 0.586. The molecule has 0 amide bonds. The van der Waals surface area contributed by atoms with Gasteiger partial charge >= 0.3 is 5.97 Å². The van der Waals surface area contributed by atoms with Crippen molar-refractivity contribution in [3.8, 4) is 5.75 Å². The summed E-state index contributed by atoms with van der Waals surface area (Å²) in [6.07, 6.45) is 1.97. The van der Waals surface area contributed by atoms with Crippen molar-refractivity contribution in [2.75, 3.05) is 0 Å². The highest BCUT2D eigenvalue weighted by molar-refractivity contribution is 5.78. The summed E-state index contributed by atoms with van der Waals surface area (Å²) in [6, 6.07) is 4.12. The maximum absolute atomic E-state index is 11.7. The lowest BCUT2D eigenvalue weighted by molar-refractivity contribution is -0.135. The van der Waals surface area contributed by atoms with Gasteiger partial charge < -0.3 is 4.74 Å². The summed E-state index contributed by atoms with van der Waals surface area (Å²) < 4.78 is 5.55. The van der Waals surface area contributed by atoms with E-state index < -0.39 is 0 Å². The molecule has 1 aromatic rings. The van der Waals surface area contributed by atoms with Crippen molar-refractivity contribution in [3.63, 3.8) is 0 Å². The van der Waals surface area contributed by atoms with Crippen molar-refractivity contribution in [1.29, 1.82) is 0 Å². The van der Waals surface area contributed by atoms with Gasteiger partial charge in [0, 0.05) is 5.56 Å². The fraction of sp³-hybridized carbons (Fsp3) is 0.533. The molecule has 0 radical (unpaired) electrons. The maximum Gasteiger partial charge on any atom is 0.314 e. The molecule has 1 aliphatic rings. The van der Waals surface area contributed by atoms with Crippen LogP contribution in [-0.2, 0) is 4.79 Å². The molecule has 1 fully saturated rings. The normalized spacial score (nSPS) is 15.1. The fourth-order valence-corrected chi connectivity index (χ4v) is 2.27. The van der Waals surface area contributed by atoms with Crippen LogP contribution >= 0.6 is 0 Å². The van der Waals surface area contributed by atoms with Gasteiger partial charge in [0.1, 0.15) is 5.75 Å². The summed E-state index contributed by atoms with van der Waals surface area (Å²) in [6.45, 7) is 8.38. The number of benzene rings is 1. The minimum atomic E-state index is -0.0584. The summed E-state index contributed by atoms with van der Waals surface area (Å²) in [7, 11) is 0. The molecule has 0 unspecified atom stereocenters. The number of aryl methyl sites for hydroxylation is 2. The van der Waals surface area contributed by atoms with Crippen molar-refractivity contribution < 1.29 is 9.53 Å². The average molecular weight is 232 g/mol. The molecule has 17 heavy (non-hydrogen) atoms. The number of esters is 1. The molecule has 2 heteroatoms. The standard InChI is InChI=1S/C15H20O2/c1-9(2)14-11(4)7-10(3)8-13(14)17-15(16)12-5-6-12/h7-9,12H,5-6H2,1-4H3. The van der Waals surface area contributed by atoms with Gasteiger partial charge in [-0.25, -0.2) is 0 Å². The minimum Gasteiger partial charge on any atom is -0.426 e. The van der Waals surface area contributed by atoms with Gasteiger partial charge in [0.2, 0.25) is 0 Å². The van der Waals surface area contributed by atoms with Crippen LogP contribution in [0.25, 0.3) is 0 Å². The monoisotopic (exact) mass is 232 g/mol. The van der Waals surface area contributed by atoms with Crippen LogP contribution in [0.4, 0.5) is 0 Å². The summed E-state index contributed by atoms with van der Waals surface area (Å²) in [5.74, 6) is 1.22. The van der Waals surface area contributed by atoms with Gasteiger partial charge in [-0.1, -0.05) is 19.9 Å². The topological polar surface area (TPSA) is 26.3 Å². The Bertz CT molecular complexity index is 442. The molecule has 0 bridgehead atoms. The van der Waals surface area contributed by atoms with Gasteiger partial charge in [0.25, 0.3) is 0 Å². The molecule has 0 N–H and O–H groups in total. The lowest BCUT2D eigenvalue weighted by Gasteiger charge is -2.16. The number of hydrogen-bond acceptors (Lipinski definition) is 2. The zero-order chi connectivity index (χ0) is 12.6. The summed E-state index contributed by atoms with van der Waals surface area (Å²) in [5, 5.41) is 0. The molecular formula is C15H20O2. The zero-order valence-corrected chi connectivity index (χ0v) is 11.0. The van der Waals surface area contributed by atoms with Crippen LogP contribution in [0.3, 0.4) is 0 Å². The van der Waals surface area contributed by atoms with Gasteiger partial charge in [-0.15, -0.1) is 0 Å². The van der Waals surface area contributed by atoms with Crippen LogP contribution in [0, 0.1) is 19.8 Å². The molecule has 0 aromatic heterocycles. The molecule has 0 atom stereocenters. The Morgan fingerprint density at radius 2 is 1.94 bits per heavy atom. The van der Waals surface area contributed by atoms with Crippen LogP contribution in [0.1, 0.15) is 49.3 Å². The largest absolute Gasteiger partial charge is 0.426 e. The predicted molar refractivity (Wildman–Crippen MR) is 68.4 cm³/mol. The van der Waals surface area contributed by atoms with Crippen LogP contribution in [0.2, 0.25) is 0 Å². The first-order chi connectivity index (χ1) is 7.99. The molecule has 1 aromatic carbocycles. The zero-order valence-electron chi connectivity index (χ0n) is 11.0. The smallest absolute Gasteiger partial charge is 0.314 e. The Hall–Kier alpha value is -1.31. The van der Waals surface area contributed by atoms with Gasteiger partial charge in [0.15, 0.2) is 0 Å². The van der Waals surface area contributed by atoms with E-state index in [0.717, 1.165) is 29.7 Å². The number of rotatable bonds is 3. The molecular weight excluding hydrogens is 212 g/mol. The first-order valence-electron chi connectivity index (χ1n) is 6.32. The number of carbonyl (C=O) groups is 1. The van der Waals surface area contributed by atoms with E-state index in [1.54, 1.807) is 0 Å². The van der Waals surface area contributed by atoms with Crippen molar-refractivity contribution in [2.45, 2.75) is 46.5 Å². The Balaban J connectivity index is 2.32. The molecule has 2 rings (SSSR count). The molecule has 2 nitrogen and oxygen atoms in total. The predicted octanol–water partition coefficient (Wildman–Crippen LogP) is 3.74. The molecule has 1 aliphatic carbocycles. The fourth-order valence-electron chi connectivity index (χ4n) is 2.27. The van der Waals surface area contributed by atoms with Crippen molar-refractivity contribution >= 4 is 5.97 Å². The van der Waals surface area contributed by atoms with E-state index in [4.69, 9.17) is 4.74 Å². The van der Waals surface area contributed by atoms with Gasteiger partial charge in [-0.05, 0) is 49.8 Å². The summed E-state index contributed by atoms with van der Waals surface area (Å²) >= 11 is 0. The van der Waals surface area contributed by atoms with Crippen LogP contribution in [0.5, 0.6) is 5.75 Å². The van der Waals surface area contributed by atoms with Gasteiger partial charge in [-0.3, -0.25) is 4.79 Å². The second-order valence-electron chi connectivity index (χ2n) is 5.34. The molecule has 92 valence electrons. The Morgan fingerprint density at radius 1 is 1.29 bits per heavy atom. The molecule has 0 aliphatic heterocycles. The van der Waals surface area contributed by atoms with E-state index in [0.29, 0.717) is 5.92 Å². The number of carbonyl (C=O) groups excluding carboxylic acids is 1. The van der Waals surface area contributed by atoms with E-state index in [1.807, 2.05) is 13.0 Å². The van der Waals surface area contributed by atoms with E-state index in [2.05, 4.69) is 26.8 Å². The maximum atomic E-state index is 11.7. The Labute approximate surface area is 103 Å². The second-order valence-corrected chi connectivity index (χ2v) is 5.34. The van der Waals surface area contributed by atoms with Gasteiger partial charge in [-0.2, -0.15) is 0 Å². The number of ether oxygens (including phenoxy) is 1. The highest BCUT2D eigenvalue weighted by atomic mass is 16.5. The van der Waals surface area contributed by atoms with Crippen LogP contribution in [0.15, 0.2) is 12.1 Å². The average Bonchev–Trinajstić information content (AvgIpc) is 2.97. The first-order valence-corrected chi connectivity index (χ1v) is 6.32. The number of hydrogen-bond donors (Lipinski definition) is 0. The Morgan fingerprint density at radius 3 is 2.47 bits per heavy atom. The molecule has 0 spiro atoms. The molecule has 0 heterocycles. The molecule has 1 saturated carbocycles. The second kappa shape index (κ2) is 4.52. The van der Waals surface area contributed by atoms with E-state index >= 15 is 0 Å². The van der Waals surface area contributed by atoms with Crippen molar-refractivity contribution in [2.24, 2.45) is 5.92 Å². The molecule has 0 saturated heterocycles. The van der Waals surface area contributed by atoms with E-state index in [9.17, 15) is 4.79 Å². The van der Waals surface area contributed by atoms with E-state index in [-0.39, 0.29) is 11.9 Å². The minimum absolute atomic E-state index is 0.0584. The van der Waals surface area contributed by atoms with Crippen molar-refractivity contribution in [3.05, 3.63) is 28.8 Å². The third-order valence-electron chi connectivity index (χ3n) is 3.19. The van der Waals surface area contributed by atoms with E-state index in [1.165, 1.54) is 5.56 Å². The third-order valence-corrected chi connectivity index (χ3v) is 3.19. The van der Waals surface area contributed by atoms with Crippen LogP contribution in [-0.4, -0.2) is 5.97 Å².